The predicted octanol–water partition coefficient (Wildman–Crippen LogP) is 4.17. The molecule has 0 amide bonds. The van der Waals surface area contributed by atoms with Crippen LogP contribution in [0, 0.1) is 19.7 Å². The van der Waals surface area contributed by atoms with Crippen LogP contribution in [-0.4, -0.2) is 13.2 Å². The molecule has 2 atom stereocenters. The summed E-state index contributed by atoms with van der Waals surface area (Å²) in [6.07, 6.45) is -0.111. The molecular formula is C18H22FNO. The number of hydrogen-bond donors (Lipinski definition) is 1. The molecule has 0 aromatic heterocycles. The Hall–Kier alpha value is -1.87. The van der Waals surface area contributed by atoms with Crippen molar-refractivity contribution in [1.82, 2.24) is 5.32 Å². The first-order valence-electron chi connectivity index (χ1n) is 7.18. The zero-order valence-electron chi connectivity index (χ0n) is 13.0. The number of benzene rings is 2. The van der Waals surface area contributed by atoms with Crippen molar-refractivity contribution >= 4 is 0 Å². The minimum absolute atomic E-state index is 0.0509. The van der Waals surface area contributed by atoms with Crippen molar-refractivity contribution in [1.29, 1.82) is 0 Å². The van der Waals surface area contributed by atoms with Crippen LogP contribution in [0.3, 0.4) is 0 Å². The van der Waals surface area contributed by atoms with Crippen molar-refractivity contribution in [2.75, 3.05) is 7.05 Å². The molecule has 0 saturated carbocycles. The zero-order valence-corrected chi connectivity index (χ0v) is 13.0. The third-order valence-corrected chi connectivity index (χ3v) is 3.68. The van der Waals surface area contributed by atoms with Crippen molar-refractivity contribution in [3.05, 3.63) is 65.0 Å². The molecule has 21 heavy (non-hydrogen) atoms. The summed E-state index contributed by atoms with van der Waals surface area (Å²) in [5.74, 6) is 0.314. The summed E-state index contributed by atoms with van der Waals surface area (Å²) >= 11 is 0. The van der Waals surface area contributed by atoms with Gasteiger partial charge in [-0.15, -0.1) is 0 Å². The number of aryl methyl sites for hydroxylation is 2. The molecule has 0 saturated heterocycles. The van der Waals surface area contributed by atoms with Gasteiger partial charge in [0, 0.05) is 6.07 Å². The van der Waals surface area contributed by atoms with Crippen LogP contribution in [0.15, 0.2) is 42.5 Å². The van der Waals surface area contributed by atoms with E-state index in [9.17, 15) is 4.39 Å². The molecule has 0 aliphatic heterocycles. The molecule has 2 aromatic rings. The van der Waals surface area contributed by atoms with Crippen LogP contribution >= 0.6 is 0 Å². The van der Waals surface area contributed by atoms with Crippen LogP contribution < -0.4 is 10.1 Å². The third-order valence-electron chi connectivity index (χ3n) is 3.68. The van der Waals surface area contributed by atoms with Crippen molar-refractivity contribution in [2.45, 2.75) is 32.9 Å². The van der Waals surface area contributed by atoms with E-state index < -0.39 is 0 Å². The van der Waals surface area contributed by atoms with Gasteiger partial charge in [-0.2, -0.15) is 0 Å². The van der Waals surface area contributed by atoms with Gasteiger partial charge in [-0.1, -0.05) is 35.9 Å². The first-order valence-corrected chi connectivity index (χ1v) is 7.18. The highest BCUT2D eigenvalue weighted by Crippen LogP contribution is 2.23. The van der Waals surface area contributed by atoms with Crippen molar-refractivity contribution in [3.63, 3.8) is 0 Å². The number of likely N-dealkylation sites (N-methyl/N-ethyl adjacent to an activating group) is 1. The van der Waals surface area contributed by atoms with Crippen LogP contribution in [0.25, 0.3) is 0 Å². The zero-order chi connectivity index (χ0) is 15.4. The summed E-state index contributed by atoms with van der Waals surface area (Å²) in [5.41, 5.74) is 3.00. The molecule has 2 nitrogen and oxygen atoms in total. The molecule has 0 radical (unpaired) electrons. The molecule has 2 rings (SSSR count). The fraction of sp³-hybridized carbons (Fsp3) is 0.333. The van der Waals surface area contributed by atoms with E-state index in [4.69, 9.17) is 4.74 Å². The Bertz CT molecular complexity index is 595. The Kier molecular flexibility index (Phi) is 4.97. The number of rotatable bonds is 5. The minimum Gasteiger partial charge on any atom is -0.489 e. The molecule has 1 N–H and O–H groups in total. The van der Waals surface area contributed by atoms with E-state index in [-0.39, 0.29) is 18.0 Å². The van der Waals surface area contributed by atoms with E-state index >= 15 is 0 Å². The summed E-state index contributed by atoms with van der Waals surface area (Å²) < 4.78 is 19.5. The third kappa shape index (κ3) is 3.82. The van der Waals surface area contributed by atoms with E-state index in [0.717, 1.165) is 5.56 Å². The summed E-state index contributed by atoms with van der Waals surface area (Å²) in [5, 5.41) is 3.27. The van der Waals surface area contributed by atoms with Crippen LogP contribution in [0.5, 0.6) is 5.75 Å². The first kappa shape index (κ1) is 15.5. The van der Waals surface area contributed by atoms with Crippen molar-refractivity contribution in [2.24, 2.45) is 0 Å². The van der Waals surface area contributed by atoms with Gasteiger partial charge < -0.3 is 10.1 Å². The maximum absolute atomic E-state index is 13.6. The van der Waals surface area contributed by atoms with E-state index in [1.54, 1.807) is 19.1 Å². The maximum atomic E-state index is 13.6. The van der Waals surface area contributed by atoms with Gasteiger partial charge in [0.15, 0.2) is 0 Å². The standard InChI is InChI=1S/C18H22FNO/c1-12-5-8-15(9-6-12)18(20-4)14(3)21-16-10-7-13(2)17(19)11-16/h5-11,14,18,20H,1-4H3. The molecule has 3 heteroatoms. The number of hydrogen-bond acceptors (Lipinski definition) is 2. The van der Waals surface area contributed by atoms with Gasteiger partial charge in [0.05, 0.1) is 6.04 Å². The Morgan fingerprint density at radius 2 is 1.71 bits per heavy atom. The fourth-order valence-electron chi connectivity index (χ4n) is 2.38. The average molecular weight is 287 g/mol. The predicted molar refractivity (Wildman–Crippen MR) is 84.2 cm³/mol. The average Bonchev–Trinajstić information content (AvgIpc) is 2.46. The van der Waals surface area contributed by atoms with Gasteiger partial charge in [0.2, 0.25) is 0 Å². The molecule has 0 aliphatic rings. The van der Waals surface area contributed by atoms with Gasteiger partial charge in [0.1, 0.15) is 17.7 Å². The van der Waals surface area contributed by atoms with Crippen LogP contribution in [-0.2, 0) is 0 Å². The summed E-state index contributed by atoms with van der Waals surface area (Å²) in [6.45, 7) is 5.79. The highest BCUT2D eigenvalue weighted by Gasteiger charge is 2.19. The number of halogens is 1. The molecule has 0 fully saturated rings. The number of ether oxygens (including phenoxy) is 1. The lowest BCUT2D eigenvalue weighted by Gasteiger charge is -2.25. The van der Waals surface area contributed by atoms with Crippen molar-refractivity contribution < 1.29 is 9.13 Å². The molecule has 0 bridgehead atoms. The Labute approximate surface area is 126 Å². The van der Waals surface area contributed by atoms with Gasteiger partial charge >= 0.3 is 0 Å². The second-order valence-electron chi connectivity index (χ2n) is 5.41. The van der Waals surface area contributed by atoms with Crippen LogP contribution in [0.2, 0.25) is 0 Å². The smallest absolute Gasteiger partial charge is 0.129 e. The molecule has 2 unspecified atom stereocenters. The lowest BCUT2D eigenvalue weighted by atomic mass is 10.0. The van der Waals surface area contributed by atoms with Gasteiger partial charge in [-0.3, -0.25) is 0 Å². The summed E-state index contributed by atoms with van der Waals surface area (Å²) in [7, 11) is 1.90. The van der Waals surface area contributed by atoms with E-state index in [1.807, 2.05) is 14.0 Å². The highest BCUT2D eigenvalue weighted by atomic mass is 19.1. The van der Waals surface area contributed by atoms with Crippen molar-refractivity contribution in [3.8, 4) is 5.75 Å². The molecule has 2 aromatic carbocycles. The van der Waals surface area contributed by atoms with Gasteiger partial charge in [-0.25, -0.2) is 4.39 Å². The summed E-state index contributed by atoms with van der Waals surface area (Å²) in [4.78, 5) is 0. The largest absolute Gasteiger partial charge is 0.489 e. The van der Waals surface area contributed by atoms with Crippen LogP contribution in [0.4, 0.5) is 4.39 Å². The second kappa shape index (κ2) is 6.72. The van der Waals surface area contributed by atoms with Gasteiger partial charge in [0.25, 0.3) is 0 Å². The molecule has 0 aliphatic carbocycles. The molecule has 0 heterocycles. The topological polar surface area (TPSA) is 21.3 Å². The van der Waals surface area contributed by atoms with Crippen LogP contribution in [0.1, 0.15) is 29.7 Å². The van der Waals surface area contributed by atoms with E-state index in [1.165, 1.54) is 11.6 Å². The monoisotopic (exact) mass is 287 g/mol. The molecule has 0 spiro atoms. The maximum Gasteiger partial charge on any atom is 0.129 e. The van der Waals surface area contributed by atoms with E-state index in [0.29, 0.717) is 11.3 Å². The summed E-state index contributed by atoms with van der Waals surface area (Å²) in [6, 6.07) is 13.4. The SMILES string of the molecule is CNC(c1ccc(C)cc1)C(C)Oc1ccc(C)c(F)c1. The molecular weight excluding hydrogens is 265 g/mol. The minimum atomic E-state index is -0.240. The Morgan fingerprint density at radius 1 is 1.05 bits per heavy atom. The van der Waals surface area contributed by atoms with E-state index in [2.05, 4.69) is 36.5 Å². The second-order valence-corrected chi connectivity index (χ2v) is 5.41. The highest BCUT2D eigenvalue weighted by molar-refractivity contribution is 5.29. The van der Waals surface area contributed by atoms with Gasteiger partial charge in [-0.05, 0) is 45.0 Å². The fourth-order valence-corrected chi connectivity index (χ4v) is 2.38. The number of nitrogens with one attached hydrogen (secondary N) is 1. The quantitative estimate of drug-likeness (QED) is 0.891. The molecule has 112 valence electrons. The normalized spacial score (nSPS) is 13.8. The first-order chi connectivity index (χ1) is 10.0. The lowest BCUT2D eigenvalue weighted by Crippen LogP contribution is -2.31. The Balaban J connectivity index is 2.14. The Morgan fingerprint density at radius 3 is 2.29 bits per heavy atom. The lowest BCUT2D eigenvalue weighted by molar-refractivity contribution is 0.174.